The molecule has 0 unspecified atom stereocenters. The van der Waals surface area contributed by atoms with Crippen molar-refractivity contribution < 1.29 is 14.2 Å². The first kappa shape index (κ1) is 13.2. The molecule has 1 aromatic carbocycles. The first-order valence-electron chi connectivity index (χ1n) is 6.82. The van der Waals surface area contributed by atoms with Crippen LogP contribution in [0.5, 0.6) is 5.75 Å². The molecular weight excluding hydrogens is 254 g/mol. The lowest BCUT2D eigenvalue weighted by molar-refractivity contribution is -0.159. The number of hydrogen-bond acceptors (Lipinski definition) is 4. The van der Waals surface area contributed by atoms with Crippen molar-refractivity contribution in [3.8, 4) is 11.8 Å². The van der Waals surface area contributed by atoms with E-state index in [4.69, 9.17) is 19.5 Å². The molecule has 1 fully saturated rings. The average molecular weight is 271 g/mol. The monoisotopic (exact) mass is 271 g/mol. The Morgan fingerprint density at radius 1 is 1.30 bits per heavy atom. The summed E-state index contributed by atoms with van der Waals surface area (Å²) in [5.41, 5.74) is 2.93. The van der Waals surface area contributed by atoms with Gasteiger partial charge in [-0.05, 0) is 29.7 Å². The van der Waals surface area contributed by atoms with Crippen LogP contribution < -0.4 is 4.74 Å². The van der Waals surface area contributed by atoms with Crippen molar-refractivity contribution in [1.29, 1.82) is 5.26 Å². The van der Waals surface area contributed by atoms with Gasteiger partial charge in [0.05, 0.1) is 25.9 Å². The van der Waals surface area contributed by atoms with Gasteiger partial charge < -0.3 is 14.2 Å². The molecule has 1 saturated heterocycles. The smallest absolute Gasteiger partial charge is 0.172 e. The summed E-state index contributed by atoms with van der Waals surface area (Å²) in [5.74, 6) is 0.236. The zero-order valence-corrected chi connectivity index (χ0v) is 11.5. The Morgan fingerprint density at radius 3 is 2.70 bits per heavy atom. The van der Waals surface area contributed by atoms with Crippen molar-refractivity contribution in [1.82, 2.24) is 0 Å². The summed E-state index contributed by atoms with van der Waals surface area (Å²) in [7, 11) is 1.59. The summed E-state index contributed by atoms with van der Waals surface area (Å²) < 4.78 is 16.7. The van der Waals surface area contributed by atoms with E-state index in [-0.39, 0.29) is 5.79 Å². The molecule has 1 aliphatic heterocycles. The van der Waals surface area contributed by atoms with Crippen molar-refractivity contribution in [2.75, 3.05) is 20.3 Å². The third-order valence-electron chi connectivity index (χ3n) is 3.94. The van der Waals surface area contributed by atoms with E-state index in [1.165, 1.54) is 5.57 Å². The molecule has 0 radical (unpaired) electrons. The van der Waals surface area contributed by atoms with E-state index in [1.807, 2.05) is 18.2 Å². The molecule has 3 rings (SSSR count). The van der Waals surface area contributed by atoms with Crippen LogP contribution in [0.2, 0.25) is 0 Å². The number of methoxy groups -OCH3 is 1. The lowest BCUT2D eigenvalue weighted by Crippen LogP contribution is -2.31. The minimum Gasteiger partial charge on any atom is -0.495 e. The van der Waals surface area contributed by atoms with Crippen LogP contribution in [0.3, 0.4) is 0 Å². The number of nitriles is 1. The van der Waals surface area contributed by atoms with Gasteiger partial charge in [-0.1, -0.05) is 12.1 Å². The zero-order chi connectivity index (χ0) is 14.0. The van der Waals surface area contributed by atoms with Crippen LogP contribution in [0.15, 0.2) is 24.3 Å². The Hall–Kier alpha value is -1.83. The fourth-order valence-electron chi connectivity index (χ4n) is 2.81. The van der Waals surface area contributed by atoms with E-state index in [1.54, 1.807) is 7.11 Å². The second-order valence-corrected chi connectivity index (χ2v) is 5.07. The Balaban J connectivity index is 1.84. The van der Waals surface area contributed by atoms with Crippen LogP contribution in [-0.2, 0) is 9.47 Å². The molecule has 0 atom stereocenters. The number of ether oxygens (including phenoxy) is 3. The maximum atomic E-state index is 9.01. The van der Waals surface area contributed by atoms with Gasteiger partial charge in [-0.15, -0.1) is 0 Å². The van der Waals surface area contributed by atoms with Gasteiger partial charge in [0.2, 0.25) is 0 Å². The first-order valence-corrected chi connectivity index (χ1v) is 6.82. The van der Waals surface area contributed by atoms with Crippen molar-refractivity contribution in [2.24, 2.45) is 0 Å². The number of rotatable bonds is 2. The summed E-state index contributed by atoms with van der Waals surface area (Å²) in [6.45, 7) is 1.38. The Morgan fingerprint density at radius 2 is 2.10 bits per heavy atom. The largest absolute Gasteiger partial charge is 0.495 e. The van der Waals surface area contributed by atoms with Crippen molar-refractivity contribution in [2.45, 2.75) is 25.0 Å². The van der Waals surface area contributed by atoms with Crippen LogP contribution in [0.4, 0.5) is 0 Å². The molecule has 104 valence electrons. The average Bonchev–Trinajstić information content (AvgIpc) is 2.95. The van der Waals surface area contributed by atoms with Gasteiger partial charge in [-0.3, -0.25) is 0 Å². The van der Waals surface area contributed by atoms with Crippen molar-refractivity contribution in [3.05, 3.63) is 35.4 Å². The fraction of sp³-hybridized carbons (Fsp3) is 0.438. The SMILES string of the molecule is COc1cc(C2=CCC3(CC2)OCCO3)ccc1C#N. The van der Waals surface area contributed by atoms with Gasteiger partial charge in [0, 0.05) is 12.8 Å². The second kappa shape index (κ2) is 5.28. The van der Waals surface area contributed by atoms with Gasteiger partial charge in [0.15, 0.2) is 5.79 Å². The second-order valence-electron chi connectivity index (χ2n) is 5.07. The van der Waals surface area contributed by atoms with Crippen LogP contribution in [-0.4, -0.2) is 26.1 Å². The molecule has 0 saturated carbocycles. The summed E-state index contributed by atoms with van der Waals surface area (Å²) in [4.78, 5) is 0. The molecule has 0 bridgehead atoms. The van der Waals surface area contributed by atoms with Crippen LogP contribution >= 0.6 is 0 Å². The van der Waals surface area contributed by atoms with E-state index in [9.17, 15) is 0 Å². The van der Waals surface area contributed by atoms with E-state index >= 15 is 0 Å². The van der Waals surface area contributed by atoms with Crippen LogP contribution in [0.25, 0.3) is 5.57 Å². The number of benzene rings is 1. The quantitative estimate of drug-likeness (QED) is 0.830. The lowest BCUT2D eigenvalue weighted by Gasteiger charge is -2.30. The molecule has 1 spiro atoms. The summed E-state index contributed by atoms with van der Waals surface area (Å²) in [5, 5.41) is 9.01. The third kappa shape index (κ3) is 2.31. The maximum Gasteiger partial charge on any atom is 0.172 e. The highest BCUT2D eigenvalue weighted by molar-refractivity contribution is 5.69. The van der Waals surface area contributed by atoms with Crippen LogP contribution in [0, 0.1) is 11.3 Å². The Labute approximate surface area is 118 Å². The fourth-order valence-corrected chi connectivity index (χ4v) is 2.81. The highest BCUT2D eigenvalue weighted by Crippen LogP contribution is 2.39. The summed E-state index contributed by atoms with van der Waals surface area (Å²) >= 11 is 0. The number of nitrogens with zero attached hydrogens (tertiary/aromatic N) is 1. The van der Waals surface area contributed by atoms with Gasteiger partial charge >= 0.3 is 0 Å². The van der Waals surface area contributed by atoms with E-state index < -0.39 is 0 Å². The number of hydrogen-bond donors (Lipinski definition) is 0. The lowest BCUT2D eigenvalue weighted by atomic mass is 9.89. The van der Waals surface area contributed by atoms with Crippen molar-refractivity contribution >= 4 is 5.57 Å². The highest BCUT2D eigenvalue weighted by atomic mass is 16.7. The predicted molar refractivity (Wildman–Crippen MR) is 74.2 cm³/mol. The highest BCUT2D eigenvalue weighted by Gasteiger charge is 2.37. The normalized spacial score (nSPS) is 20.5. The molecule has 4 nitrogen and oxygen atoms in total. The minimum atomic E-state index is -0.389. The van der Waals surface area contributed by atoms with Gasteiger partial charge in [-0.25, -0.2) is 0 Å². The first-order chi connectivity index (χ1) is 9.76. The molecule has 0 amide bonds. The summed E-state index contributed by atoms with van der Waals surface area (Å²) in [6, 6.07) is 7.84. The summed E-state index contributed by atoms with van der Waals surface area (Å²) in [6.07, 6.45) is 4.75. The zero-order valence-electron chi connectivity index (χ0n) is 11.5. The van der Waals surface area contributed by atoms with E-state index in [2.05, 4.69) is 12.1 Å². The third-order valence-corrected chi connectivity index (χ3v) is 3.94. The molecule has 2 aliphatic rings. The standard InChI is InChI=1S/C16H17NO3/c1-18-15-10-13(2-3-14(15)11-17)12-4-6-16(7-5-12)19-8-9-20-16/h2-4,10H,5-9H2,1H3. The van der Waals surface area contributed by atoms with Crippen molar-refractivity contribution in [3.63, 3.8) is 0 Å². The van der Waals surface area contributed by atoms with E-state index in [0.29, 0.717) is 24.5 Å². The predicted octanol–water partition coefficient (Wildman–Crippen LogP) is 2.88. The van der Waals surface area contributed by atoms with Gasteiger partial charge in [0.25, 0.3) is 0 Å². The minimum absolute atomic E-state index is 0.389. The molecule has 4 heteroatoms. The van der Waals surface area contributed by atoms with E-state index in [0.717, 1.165) is 24.8 Å². The molecular formula is C16H17NO3. The molecule has 1 aliphatic carbocycles. The van der Waals surface area contributed by atoms with Crippen LogP contribution in [0.1, 0.15) is 30.4 Å². The molecule has 20 heavy (non-hydrogen) atoms. The molecule has 0 aromatic heterocycles. The Bertz CT molecular complexity index is 580. The Kier molecular flexibility index (Phi) is 3.47. The topological polar surface area (TPSA) is 51.5 Å². The molecule has 1 heterocycles. The van der Waals surface area contributed by atoms with Gasteiger partial charge in [-0.2, -0.15) is 5.26 Å². The molecule has 0 N–H and O–H groups in total. The maximum absolute atomic E-state index is 9.01. The van der Waals surface area contributed by atoms with Gasteiger partial charge in [0.1, 0.15) is 11.8 Å². The molecule has 1 aromatic rings. The number of allylic oxidation sites excluding steroid dienone is 1.